The number of cyclic esters (lactones) is 1. The van der Waals surface area contributed by atoms with Crippen molar-refractivity contribution in [3.63, 3.8) is 0 Å². The molecule has 0 bridgehead atoms. The van der Waals surface area contributed by atoms with Crippen LogP contribution >= 0.6 is 24.8 Å². The van der Waals surface area contributed by atoms with Gasteiger partial charge in [-0.15, -0.1) is 24.8 Å². The van der Waals surface area contributed by atoms with Gasteiger partial charge in [0, 0.05) is 44.0 Å². The number of hydrogen-bond donors (Lipinski definition) is 2. The van der Waals surface area contributed by atoms with Crippen molar-refractivity contribution in [3.05, 3.63) is 0 Å². The Labute approximate surface area is 303 Å². The molecule has 284 valence electrons. The van der Waals surface area contributed by atoms with Gasteiger partial charge in [0.25, 0.3) is 0 Å². The molecule has 0 aliphatic carbocycles. The van der Waals surface area contributed by atoms with E-state index in [0.717, 1.165) is 0 Å². The van der Waals surface area contributed by atoms with Crippen molar-refractivity contribution in [1.29, 1.82) is 0 Å². The van der Waals surface area contributed by atoms with Crippen molar-refractivity contribution in [3.8, 4) is 0 Å². The number of likely N-dealkylation sites (N-methyl/N-ethyl adjacent to an activating group) is 1. The number of rotatable bonds is 6. The Morgan fingerprint density at radius 1 is 1.00 bits per heavy atom. The van der Waals surface area contributed by atoms with Crippen LogP contribution in [-0.4, -0.2) is 133 Å². The maximum absolute atomic E-state index is 14.4. The SMILES string of the molecule is CC[C@H]1OC(=O)[C@H](C)C(=O)[C@H](C)[C@@H](O[C@@H]2O[C@H](C)C[C@H](N(C)C)[C@H]2O)[C@](C)(OC)C[C@@H](C)C(=O)[C@H](C)[C@H]2N(C3CNC3)C(=O)O[C@]12C.Cl.Cl. The zero-order chi connectivity index (χ0) is 35.2. The van der Waals surface area contributed by atoms with E-state index in [-0.39, 0.29) is 55.2 Å². The summed E-state index contributed by atoms with van der Waals surface area (Å²) < 4.78 is 30.8. The quantitative estimate of drug-likeness (QED) is 0.304. The zero-order valence-corrected chi connectivity index (χ0v) is 32.4. The summed E-state index contributed by atoms with van der Waals surface area (Å²) >= 11 is 0. The molecule has 0 unspecified atom stereocenters. The molecular formula is C34H59Cl2N3O10. The lowest BCUT2D eigenvalue weighted by molar-refractivity contribution is -0.295. The van der Waals surface area contributed by atoms with E-state index in [1.807, 2.05) is 39.8 Å². The minimum absolute atomic E-state index is 0. The van der Waals surface area contributed by atoms with Crippen LogP contribution in [0.1, 0.15) is 74.7 Å². The van der Waals surface area contributed by atoms with Gasteiger partial charge in [-0.1, -0.05) is 27.7 Å². The third kappa shape index (κ3) is 8.24. The number of halogens is 2. The summed E-state index contributed by atoms with van der Waals surface area (Å²) in [5, 5.41) is 14.5. The largest absolute Gasteiger partial charge is 0.458 e. The topological polar surface area (TPSA) is 153 Å². The third-order valence-corrected chi connectivity index (χ3v) is 11.3. The normalized spacial score (nSPS) is 42.6. The number of esters is 1. The van der Waals surface area contributed by atoms with Crippen molar-refractivity contribution < 1.29 is 48.0 Å². The second kappa shape index (κ2) is 16.8. The van der Waals surface area contributed by atoms with Crippen molar-refractivity contribution in [2.24, 2.45) is 23.7 Å². The summed E-state index contributed by atoms with van der Waals surface area (Å²) in [4.78, 5) is 59.3. The van der Waals surface area contributed by atoms with Gasteiger partial charge in [0.1, 0.15) is 23.9 Å². The van der Waals surface area contributed by atoms with E-state index in [1.54, 1.807) is 32.6 Å². The van der Waals surface area contributed by atoms with E-state index < -0.39 is 83.4 Å². The van der Waals surface area contributed by atoms with Crippen LogP contribution in [0.5, 0.6) is 0 Å². The second-order valence-corrected chi connectivity index (χ2v) is 14.9. The predicted molar refractivity (Wildman–Crippen MR) is 186 cm³/mol. The zero-order valence-electron chi connectivity index (χ0n) is 30.8. The van der Waals surface area contributed by atoms with Gasteiger partial charge in [0.05, 0.1) is 29.9 Å². The standard InChI is InChI=1S/C34H57N3O10.2ClH/c1-12-24-34(8)28(37(32(42)47-34)22-15-35-16-22)19(4)25(38)17(2)14-33(7,43-11)29(20(5)26(39)21(6)30(41)45-24)46-31-27(40)23(36(9)10)13-18(3)44-31;;/h17-24,27-29,31,35,40H,12-16H2,1-11H3;2*1H/t17-,18-,19+,20+,21-,23+,24-,27-,28-,29-,31+,33-,34-;;/m1../s1. The number of methoxy groups -OCH3 is 1. The molecule has 0 aromatic rings. The van der Waals surface area contributed by atoms with Crippen LogP contribution < -0.4 is 5.32 Å². The molecule has 0 aromatic carbocycles. The Bertz CT molecular complexity index is 1190. The van der Waals surface area contributed by atoms with Crippen LogP contribution in [0.4, 0.5) is 4.79 Å². The van der Waals surface area contributed by atoms with Crippen LogP contribution in [0.25, 0.3) is 0 Å². The van der Waals surface area contributed by atoms with E-state index in [0.29, 0.717) is 25.9 Å². The lowest BCUT2D eigenvalue weighted by atomic mass is 9.73. The fraction of sp³-hybridized carbons (Fsp3) is 0.882. The van der Waals surface area contributed by atoms with Crippen LogP contribution in [0.3, 0.4) is 0 Å². The van der Waals surface area contributed by atoms with Crippen LogP contribution in [0.2, 0.25) is 0 Å². The van der Waals surface area contributed by atoms with Gasteiger partial charge in [-0.05, 0) is 61.1 Å². The van der Waals surface area contributed by atoms with Crippen molar-refractivity contribution in [2.45, 2.75) is 135 Å². The Morgan fingerprint density at radius 3 is 2.12 bits per heavy atom. The molecule has 0 aromatic heterocycles. The van der Waals surface area contributed by atoms with Crippen molar-refractivity contribution in [1.82, 2.24) is 15.1 Å². The Morgan fingerprint density at radius 2 is 1.61 bits per heavy atom. The molecule has 4 aliphatic rings. The summed E-state index contributed by atoms with van der Waals surface area (Å²) in [6.45, 7) is 15.1. The lowest BCUT2D eigenvalue weighted by Crippen LogP contribution is -2.65. The molecule has 13 nitrogen and oxygen atoms in total. The van der Waals surface area contributed by atoms with Gasteiger partial charge in [-0.25, -0.2) is 4.79 Å². The van der Waals surface area contributed by atoms with E-state index in [1.165, 1.54) is 14.0 Å². The molecule has 49 heavy (non-hydrogen) atoms. The molecule has 4 fully saturated rings. The Kier molecular flexibility index (Phi) is 15.0. The summed E-state index contributed by atoms with van der Waals surface area (Å²) in [7, 11) is 5.24. The number of carbonyl (C=O) groups is 4. The molecule has 2 N–H and O–H groups in total. The highest BCUT2D eigenvalue weighted by Crippen LogP contribution is 2.44. The first-order chi connectivity index (χ1) is 21.9. The van der Waals surface area contributed by atoms with Gasteiger partial charge in [-0.3, -0.25) is 19.3 Å². The molecule has 4 rings (SSSR count). The maximum Gasteiger partial charge on any atom is 0.411 e. The summed E-state index contributed by atoms with van der Waals surface area (Å²) in [6, 6.07) is -1.16. The van der Waals surface area contributed by atoms with Gasteiger partial charge >= 0.3 is 12.1 Å². The first-order valence-corrected chi connectivity index (χ1v) is 17.1. The molecule has 13 atom stereocenters. The number of ketones is 2. The van der Waals surface area contributed by atoms with E-state index in [9.17, 15) is 24.3 Å². The minimum Gasteiger partial charge on any atom is -0.458 e. The fourth-order valence-corrected chi connectivity index (χ4v) is 8.26. The molecule has 4 saturated heterocycles. The van der Waals surface area contributed by atoms with Crippen LogP contribution in [0.15, 0.2) is 0 Å². The van der Waals surface area contributed by atoms with Gasteiger partial charge in [-0.2, -0.15) is 0 Å². The first-order valence-electron chi connectivity index (χ1n) is 17.1. The van der Waals surface area contributed by atoms with E-state index in [4.69, 9.17) is 23.7 Å². The number of aliphatic hydroxyl groups is 1. The predicted octanol–water partition coefficient (Wildman–Crippen LogP) is 3.01. The van der Waals surface area contributed by atoms with Crippen LogP contribution in [-0.2, 0) is 38.1 Å². The average molecular weight is 741 g/mol. The molecule has 0 spiro atoms. The molecule has 15 heteroatoms. The lowest BCUT2D eigenvalue weighted by Gasteiger charge is -2.47. The number of Topliss-reactive ketones (excluding diaryl/α,β-unsaturated/α-hetero) is 2. The molecular weight excluding hydrogens is 681 g/mol. The Hall–Kier alpha value is -1.58. The molecule has 0 saturated carbocycles. The number of ether oxygens (including phenoxy) is 5. The van der Waals surface area contributed by atoms with Crippen molar-refractivity contribution >= 4 is 48.4 Å². The molecule has 0 radical (unpaired) electrons. The smallest absolute Gasteiger partial charge is 0.411 e. The van der Waals surface area contributed by atoms with Gasteiger partial charge in [0.15, 0.2) is 17.7 Å². The van der Waals surface area contributed by atoms with E-state index in [2.05, 4.69) is 5.32 Å². The summed E-state index contributed by atoms with van der Waals surface area (Å²) in [6.07, 6.45) is -3.81. The van der Waals surface area contributed by atoms with Gasteiger partial charge in [0.2, 0.25) is 0 Å². The maximum atomic E-state index is 14.4. The highest BCUT2D eigenvalue weighted by Gasteiger charge is 2.62. The fourth-order valence-electron chi connectivity index (χ4n) is 8.26. The third-order valence-electron chi connectivity index (χ3n) is 11.3. The number of nitrogens with one attached hydrogen (secondary N) is 1. The molecule has 4 heterocycles. The number of aliphatic hydroxyl groups excluding tert-OH is 1. The number of amides is 1. The summed E-state index contributed by atoms with van der Waals surface area (Å²) in [5.74, 6) is -4.74. The summed E-state index contributed by atoms with van der Waals surface area (Å²) in [5.41, 5.74) is -2.57. The highest BCUT2D eigenvalue weighted by molar-refractivity contribution is 6.00. The van der Waals surface area contributed by atoms with E-state index >= 15 is 0 Å². The second-order valence-electron chi connectivity index (χ2n) is 14.9. The first kappa shape index (κ1) is 43.6. The molecule has 4 aliphatic heterocycles. The highest BCUT2D eigenvalue weighted by atomic mass is 35.5. The van der Waals surface area contributed by atoms with Crippen LogP contribution in [0, 0.1) is 23.7 Å². The Balaban J connectivity index is 0.00000417. The number of nitrogens with zero attached hydrogens (tertiary/aromatic N) is 2. The average Bonchev–Trinajstić information content (AvgIpc) is 3.25. The number of hydrogen-bond acceptors (Lipinski definition) is 12. The monoisotopic (exact) mass is 739 g/mol. The number of fused-ring (bicyclic) bond motifs is 1. The van der Waals surface area contributed by atoms with Crippen molar-refractivity contribution in [2.75, 3.05) is 34.3 Å². The minimum atomic E-state index is -1.34. The number of carbonyl (C=O) groups excluding carboxylic acids is 4. The molecule has 1 amide bonds. The van der Waals surface area contributed by atoms with Gasteiger partial charge < -0.3 is 39.0 Å².